The van der Waals surface area contributed by atoms with Gasteiger partial charge in [0.05, 0.1) is 26.8 Å². The number of aromatic nitrogens is 3. The van der Waals surface area contributed by atoms with E-state index in [9.17, 15) is 19.2 Å². The number of nitrogens with zero attached hydrogens (tertiary/aromatic N) is 5. The molecule has 53 heavy (non-hydrogen) atoms. The highest BCUT2D eigenvalue weighted by Crippen LogP contribution is 2.28. The van der Waals surface area contributed by atoms with Gasteiger partial charge in [-0.05, 0) is 60.9 Å². The molecule has 3 N–H and O–H groups in total. The van der Waals surface area contributed by atoms with Gasteiger partial charge in [0.25, 0.3) is 0 Å². The third-order valence-electron chi connectivity index (χ3n) is 10.1. The van der Waals surface area contributed by atoms with E-state index in [-0.39, 0.29) is 49.1 Å². The topological polar surface area (TPSA) is 160 Å². The number of amides is 4. The first-order chi connectivity index (χ1) is 25.6. The van der Waals surface area contributed by atoms with Crippen LogP contribution in [0.3, 0.4) is 0 Å². The van der Waals surface area contributed by atoms with Gasteiger partial charge in [0.2, 0.25) is 23.6 Å². The molecule has 0 unspecified atom stereocenters. The Balaban J connectivity index is 1.33. The van der Waals surface area contributed by atoms with Crippen LogP contribution < -0.4 is 25.4 Å². The molecule has 2 aromatic carbocycles. The number of carbonyl (C=O) groups excluding carboxylic acids is 4. The lowest BCUT2D eigenvalue weighted by atomic mass is 9.97. The van der Waals surface area contributed by atoms with Crippen LogP contribution in [0.15, 0.2) is 42.5 Å². The van der Waals surface area contributed by atoms with Crippen molar-refractivity contribution in [1.82, 2.24) is 40.5 Å². The first-order valence-corrected chi connectivity index (χ1v) is 18.7. The molecule has 0 spiro atoms. The molecule has 0 saturated heterocycles. The predicted molar refractivity (Wildman–Crippen MR) is 199 cm³/mol. The van der Waals surface area contributed by atoms with Crippen LogP contribution in [0.5, 0.6) is 11.5 Å². The van der Waals surface area contributed by atoms with E-state index < -0.39 is 12.1 Å². The molecule has 3 heterocycles. The van der Waals surface area contributed by atoms with Crippen molar-refractivity contribution in [2.75, 3.05) is 46.9 Å². The summed E-state index contributed by atoms with van der Waals surface area (Å²) >= 11 is 0. The number of rotatable bonds is 8. The molecule has 0 aliphatic carbocycles. The molecule has 0 saturated carbocycles. The molecule has 2 aliphatic heterocycles. The zero-order valence-electron chi connectivity index (χ0n) is 31.7. The van der Waals surface area contributed by atoms with E-state index in [1.165, 1.54) is 15.8 Å². The molecule has 14 heteroatoms. The summed E-state index contributed by atoms with van der Waals surface area (Å²) < 4.78 is 12.3. The lowest BCUT2D eigenvalue weighted by Crippen LogP contribution is -2.51. The average Bonchev–Trinajstić information content (AvgIpc) is 3.55. The van der Waals surface area contributed by atoms with Crippen LogP contribution in [0.2, 0.25) is 0 Å². The largest absolute Gasteiger partial charge is 0.493 e. The Kier molecular flexibility index (Phi) is 13.8. The van der Waals surface area contributed by atoms with E-state index in [2.05, 4.69) is 38.1 Å². The van der Waals surface area contributed by atoms with Gasteiger partial charge in [-0.3, -0.25) is 24.1 Å². The Morgan fingerprint density at radius 3 is 2.43 bits per heavy atom. The second-order valence-electron chi connectivity index (χ2n) is 14.0. The van der Waals surface area contributed by atoms with E-state index in [0.717, 1.165) is 18.5 Å². The van der Waals surface area contributed by atoms with E-state index in [1.54, 1.807) is 26.0 Å². The van der Waals surface area contributed by atoms with Gasteiger partial charge >= 0.3 is 0 Å². The monoisotopic (exact) mass is 730 g/mol. The molecule has 286 valence electrons. The lowest BCUT2D eigenvalue weighted by molar-refractivity contribution is -0.133. The van der Waals surface area contributed by atoms with Crippen molar-refractivity contribution in [3.63, 3.8) is 0 Å². The molecule has 0 radical (unpaired) electrons. The molecule has 5 rings (SSSR count). The first-order valence-electron chi connectivity index (χ1n) is 18.7. The van der Waals surface area contributed by atoms with E-state index in [4.69, 9.17) is 14.5 Å². The maximum atomic E-state index is 13.7. The van der Waals surface area contributed by atoms with Crippen molar-refractivity contribution in [2.45, 2.75) is 84.5 Å². The quantitative estimate of drug-likeness (QED) is 0.317. The fourth-order valence-corrected chi connectivity index (χ4v) is 6.86. The summed E-state index contributed by atoms with van der Waals surface area (Å²) in [6.07, 6.45) is 3.07. The minimum atomic E-state index is -0.778. The standard InChI is InChI=1S/C39H54N8O6/c1-6-26(2)37-39(51)41-27(3)38-42-33(22-28-14-15-31(52-4)32(21-28)53-5)44-47(38)24-35(49)40-17-10-19-46(18-9-13-34(48)43-37)36(50)25-45-20-16-29-11-7-8-12-30(29)23-45/h7-8,11-12,14-15,21,26-27,37H,6,9-10,13,16-20,22-25H2,1-5H3,(H,40,49)(H,41,51)(H,43,48)/t26-,27+,37-/m0/s1. The Bertz CT molecular complexity index is 1740. The third kappa shape index (κ3) is 10.6. The molecule has 2 aliphatic rings. The van der Waals surface area contributed by atoms with E-state index in [1.807, 2.05) is 44.2 Å². The fraction of sp³-hybridized carbons (Fsp3) is 0.538. The second-order valence-corrected chi connectivity index (χ2v) is 14.0. The summed E-state index contributed by atoms with van der Waals surface area (Å²) in [5, 5.41) is 13.6. The third-order valence-corrected chi connectivity index (χ3v) is 10.1. The van der Waals surface area contributed by atoms with Gasteiger partial charge in [-0.1, -0.05) is 50.6 Å². The van der Waals surface area contributed by atoms with Crippen LogP contribution in [-0.2, 0) is 45.1 Å². The van der Waals surface area contributed by atoms with Gasteiger partial charge in [0.1, 0.15) is 18.4 Å². The van der Waals surface area contributed by atoms with Gasteiger partial charge < -0.3 is 30.3 Å². The molecule has 1 aromatic heterocycles. The van der Waals surface area contributed by atoms with Crippen molar-refractivity contribution in [2.24, 2.45) is 5.92 Å². The minimum Gasteiger partial charge on any atom is -0.493 e. The summed E-state index contributed by atoms with van der Waals surface area (Å²) in [6.45, 7) is 8.55. The molecule has 0 fully saturated rings. The predicted octanol–water partition coefficient (Wildman–Crippen LogP) is 2.78. The smallest absolute Gasteiger partial charge is 0.243 e. The Labute approximate surface area is 312 Å². The van der Waals surface area contributed by atoms with Crippen LogP contribution in [-0.4, -0.2) is 101 Å². The number of ether oxygens (including phenoxy) is 2. The van der Waals surface area contributed by atoms with Gasteiger partial charge in [0, 0.05) is 45.6 Å². The number of fused-ring (bicyclic) bond motifs is 2. The molecule has 14 nitrogen and oxygen atoms in total. The summed E-state index contributed by atoms with van der Waals surface area (Å²) in [7, 11) is 3.14. The lowest BCUT2D eigenvalue weighted by Gasteiger charge is -2.31. The summed E-state index contributed by atoms with van der Waals surface area (Å²) in [5.74, 6) is 1.05. The Hall–Kier alpha value is -4.98. The number of hydrogen-bond acceptors (Lipinski definition) is 9. The number of nitrogens with one attached hydrogen (secondary N) is 3. The minimum absolute atomic E-state index is 0.00867. The highest BCUT2D eigenvalue weighted by Gasteiger charge is 2.29. The molecule has 3 atom stereocenters. The fourth-order valence-electron chi connectivity index (χ4n) is 6.86. The zero-order chi connectivity index (χ0) is 37.9. The number of methoxy groups -OCH3 is 2. The Morgan fingerprint density at radius 1 is 0.925 bits per heavy atom. The second kappa shape index (κ2) is 18.7. The first kappa shape index (κ1) is 39.2. The maximum Gasteiger partial charge on any atom is 0.243 e. The zero-order valence-corrected chi connectivity index (χ0v) is 31.7. The van der Waals surface area contributed by atoms with Gasteiger partial charge in [-0.25, -0.2) is 9.67 Å². The van der Waals surface area contributed by atoms with Crippen molar-refractivity contribution >= 4 is 23.6 Å². The summed E-state index contributed by atoms with van der Waals surface area (Å²) in [5.41, 5.74) is 3.44. The SMILES string of the molecule is CC[C@H](C)[C@@H]1NC(=O)CCCN(C(=O)CN2CCc3ccccc3C2)CCCNC(=O)Cn2nc(Cc3ccc(OC)c(OC)c3)nc2[C@@H](C)NC1=O. The highest BCUT2D eigenvalue weighted by atomic mass is 16.5. The molecule has 4 amide bonds. The highest BCUT2D eigenvalue weighted by molar-refractivity contribution is 5.88. The van der Waals surface area contributed by atoms with Crippen LogP contribution >= 0.6 is 0 Å². The number of hydrogen-bond donors (Lipinski definition) is 3. The molecule has 0 bridgehead atoms. The van der Waals surface area contributed by atoms with Crippen LogP contribution in [0, 0.1) is 5.92 Å². The van der Waals surface area contributed by atoms with Crippen LogP contribution in [0.1, 0.15) is 80.8 Å². The van der Waals surface area contributed by atoms with Crippen LogP contribution in [0.25, 0.3) is 0 Å². The van der Waals surface area contributed by atoms with Crippen molar-refractivity contribution < 1.29 is 28.7 Å². The number of benzene rings is 2. The summed E-state index contributed by atoms with van der Waals surface area (Å²) in [4.78, 5) is 62.6. The summed E-state index contributed by atoms with van der Waals surface area (Å²) in [6, 6.07) is 12.5. The van der Waals surface area contributed by atoms with Crippen molar-refractivity contribution in [3.8, 4) is 11.5 Å². The van der Waals surface area contributed by atoms with Gasteiger partial charge in [-0.2, -0.15) is 5.10 Å². The number of carbonyl (C=O) groups is 4. The van der Waals surface area contributed by atoms with Crippen molar-refractivity contribution in [3.05, 3.63) is 70.8 Å². The van der Waals surface area contributed by atoms with Crippen LogP contribution in [0.4, 0.5) is 0 Å². The van der Waals surface area contributed by atoms with E-state index in [0.29, 0.717) is 75.0 Å². The normalized spacial score (nSPS) is 20.1. The van der Waals surface area contributed by atoms with Crippen molar-refractivity contribution in [1.29, 1.82) is 0 Å². The maximum absolute atomic E-state index is 13.7. The van der Waals surface area contributed by atoms with Gasteiger partial charge in [0.15, 0.2) is 17.3 Å². The molecular weight excluding hydrogens is 676 g/mol. The molecule has 3 aromatic rings. The Morgan fingerprint density at radius 2 is 1.68 bits per heavy atom. The van der Waals surface area contributed by atoms with Gasteiger partial charge in [-0.15, -0.1) is 0 Å². The van der Waals surface area contributed by atoms with E-state index >= 15 is 0 Å². The average molecular weight is 731 g/mol. The molecular formula is C39H54N8O6.